The summed E-state index contributed by atoms with van der Waals surface area (Å²) < 4.78 is 0.903. The van der Waals surface area contributed by atoms with Gasteiger partial charge in [-0.25, -0.2) is 4.79 Å². The van der Waals surface area contributed by atoms with Gasteiger partial charge in [0.05, 0.1) is 19.6 Å². The number of nitrogens with one attached hydrogen (secondary N) is 3. The Labute approximate surface area is 156 Å². The predicted molar refractivity (Wildman–Crippen MR) is 104 cm³/mol. The zero-order valence-electron chi connectivity index (χ0n) is 14.6. The van der Waals surface area contributed by atoms with E-state index >= 15 is 0 Å². The lowest BCUT2D eigenvalue weighted by atomic mass is 10.1. The second kappa shape index (κ2) is 8.64. The van der Waals surface area contributed by atoms with Gasteiger partial charge >= 0.3 is 6.03 Å². The summed E-state index contributed by atoms with van der Waals surface area (Å²) >= 11 is 3.13. The minimum absolute atomic E-state index is 0.294. The average Bonchev–Trinajstić information content (AvgIpc) is 3.23. The highest BCUT2D eigenvalue weighted by Gasteiger charge is 2.15. The van der Waals surface area contributed by atoms with Crippen LogP contribution >= 0.6 is 23.1 Å². The van der Waals surface area contributed by atoms with E-state index in [4.69, 9.17) is 0 Å². The molecule has 3 rings (SSSR count). The lowest BCUT2D eigenvalue weighted by Gasteiger charge is -2.10. The molecule has 0 saturated carbocycles. The summed E-state index contributed by atoms with van der Waals surface area (Å²) in [7, 11) is 0. The number of hydrogen-bond acceptors (Lipinski definition) is 5. The smallest absolute Gasteiger partial charge is 0.325 e. The fourth-order valence-corrected chi connectivity index (χ4v) is 4.66. The summed E-state index contributed by atoms with van der Waals surface area (Å²) in [6.45, 7) is 7.83. The number of amides is 2. The fraction of sp³-hybridized carbons (Fsp3) is 0.471. The van der Waals surface area contributed by atoms with Crippen LogP contribution in [0, 0.1) is 13.8 Å². The second-order valence-electron chi connectivity index (χ2n) is 6.31. The molecule has 1 saturated heterocycles. The van der Waals surface area contributed by atoms with Gasteiger partial charge in [-0.05, 0) is 37.1 Å². The van der Waals surface area contributed by atoms with E-state index in [0.717, 1.165) is 21.3 Å². The summed E-state index contributed by atoms with van der Waals surface area (Å²) in [5.74, 6) is 1.04. The summed E-state index contributed by atoms with van der Waals surface area (Å²) in [6, 6.07) is 5.55. The molecule has 1 aromatic carbocycles. The number of urea groups is 1. The molecule has 134 valence electrons. The molecule has 1 aromatic heterocycles. The van der Waals surface area contributed by atoms with Crippen molar-refractivity contribution in [3.05, 3.63) is 29.3 Å². The molecule has 0 bridgehead atoms. The monoisotopic (exact) mass is 378 g/mol. The van der Waals surface area contributed by atoms with Crippen molar-refractivity contribution in [1.82, 2.24) is 10.2 Å². The molecule has 0 atom stereocenters. The first kappa shape index (κ1) is 18.2. The van der Waals surface area contributed by atoms with Gasteiger partial charge in [0.1, 0.15) is 0 Å². The zero-order chi connectivity index (χ0) is 17.6. The molecule has 2 aromatic rings. The van der Waals surface area contributed by atoms with Gasteiger partial charge < -0.3 is 10.2 Å². The number of quaternary nitrogens is 1. The molecule has 6 nitrogen and oxygen atoms in total. The van der Waals surface area contributed by atoms with E-state index in [9.17, 15) is 4.79 Å². The van der Waals surface area contributed by atoms with Crippen molar-refractivity contribution >= 4 is 39.9 Å². The van der Waals surface area contributed by atoms with E-state index in [1.165, 1.54) is 49.4 Å². The van der Waals surface area contributed by atoms with Crippen LogP contribution in [0.15, 0.2) is 22.5 Å². The van der Waals surface area contributed by atoms with Crippen molar-refractivity contribution in [2.24, 2.45) is 0 Å². The standard InChI is InChI=1S/C17H23N5OS2/c1-12-5-6-14(11-13(12)2)18-15(23)19-16-20-21-17(25-16)24-10-9-22-7-3-4-8-22/h5-6,11H,3-4,7-10H2,1-2H3,(H2,18,19,20,23)/p+1. The number of aryl methyl sites for hydroxylation is 2. The number of aromatic nitrogens is 2. The lowest BCUT2D eigenvalue weighted by Crippen LogP contribution is -3.10. The molecular weight excluding hydrogens is 354 g/mol. The van der Waals surface area contributed by atoms with Crippen molar-refractivity contribution < 1.29 is 9.69 Å². The molecule has 0 aliphatic carbocycles. The summed E-state index contributed by atoms with van der Waals surface area (Å²) in [4.78, 5) is 13.8. The number of benzene rings is 1. The van der Waals surface area contributed by atoms with Crippen molar-refractivity contribution in [1.29, 1.82) is 0 Å². The Kier molecular flexibility index (Phi) is 6.28. The highest BCUT2D eigenvalue weighted by molar-refractivity contribution is 8.01. The summed E-state index contributed by atoms with van der Waals surface area (Å²) in [6.07, 6.45) is 2.70. The Morgan fingerprint density at radius 2 is 2.00 bits per heavy atom. The van der Waals surface area contributed by atoms with Gasteiger partial charge in [-0.3, -0.25) is 5.32 Å². The highest BCUT2D eigenvalue weighted by atomic mass is 32.2. The molecule has 0 radical (unpaired) electrons. The molecule has 8 heteroatoms. The Balaban J connectivity index is 1.45. The van der Waals surface area contributed by atoms with Gasteiger partial charge in [-0.15, -0.1) is 10.2 Å². The largest absolute Gasteiger partial charge is 0.334 e. The minimum atomic E-state index is -0.294. The Bertz CT molecular complexity index is 728. The van der Waals surface area contributed by atoms with E-state index in [-0.39, 0.29) is 6.03 Å². The van der Waals surface area contributed by atoms with Crippen LogP contribution in [0.25, 0.3) is 0 Å². The molecule has 2 amide bonds. The maximum absolute atomic E-state index is 12.1. The van der Waals surface area contributed by atoms with Gasteiger partial charge in [0, 0.05) is 24.3 Å². The maximum atomic E-state index is 12.1. The molecular formula is C17H24N5OS2+. The van der Waals surface area contributed by atoms with E-state index in [1.54, 1.807) is 16.7 Å². The number of carbonyl (C=O) groups excluding carboxylic acids is 1. The topological polar surface area (TPSA) is 71.3 Å². The van der Waals surface area contributed by atoms with Crippen molar-refractivity contribution in [3.63, 3.8) is 0 Å². The van der Waals surface area contributed by atoms with Gasteiger partial charge in [0.2, 0.25) is 5.13 Å². The Morgan fingerprint density at radius 1 is 1.20 bits per heavy atom. The van der Waals surface area contributed by atoms with Gasteiger partial charge in [-0.1, -0.05) is 29.2 Å². The van der Waals surface area contributed by atoms with E-state index in [1.807, 2.05) is 32.0 Å². The van der Waals surface area contributed by atoms with Crippen LogP contribution in [-0.4, -0.2) is 41.6 Å². The van der Waals surface area contributed by atoms with Crippen molar-refractivity contribution in [2.75, 3.05) is 36.0 Å². The van der Waals surface area contributed by atoms with Crippen LogP contribution in [0.4, 0.5) is 15.6 Å². The third-order valence-corrected chi connectivity index (χ3v) is 6.36. The van der Waals surface area contributed by atoms with Crippen molar-refractivity contribution in [2.45, 2.75) is 31.0 Å². The van der Waals surface area contributed by atoms with Crippen LogP contribution in [0.5, 0.6) is 0 Å². The van der Waals surface area contributed by atoms with Crippen molar-refractivity contribution in [3.8, 4) is 0 Å². The summed E-state index contributed by atoms with van der Waals surface area (Å²) in [5.41, 5.74) is 3.12. The normalized spacial score (nSPS) is 14.6. The molecule has 1 fully saturated rings. The first-order valence-corrected chi connectivity index (χ1v) is 10.4. The zero-order valence-corrected chi connectivity index (χ0v) is 16.2. The SMILES string of the molecule is Cc1ccc(NC(=O)Nc2nnc(SCC[NH+]3CCCC3)s2)cc1C. The van der Waals surface area contributed by atoms with E-state index < -0.39 is 0 Å². The molecule has 2 heterocycles. The lowest BCUT2D eigenvalue weighted by molar-refractivity contribution is -0.884. The first-order chi connectivity index (χ1) is 12.1. The number of nitrogens with zero attached hydrogens (tertiary/aromatic N) is 2. The Hall–Kier alpha value is -1.64. The molecule has 1 aliphatic rings. The minimum Gasteiger partial charge on any atom is -0.334 e. The quantitative estimate of drug-likeness (QED) is 0.534. The highest BCUT2D eigenvalue weighted by Crippen LogP contribution is 2.25. The van der Waals surface area contributed by atoms with Gasteiger partial charge in [-0.2, -0.15) is 0 Å². The number of carbonyl (C=O) groups is 1. The van der Waals surface area contributed by atoms with Gasteiger partial charge in [0.25, 0.3) is 0 Å². The number of hydrogen-bond donors (Lipinski definition) is 3. The second-order valence-corrected chi connectivity index (χ2v) is 8.63. The number of likely N-dealkylation sites (tertiary alicyclic amines) is 1. The first-order valence-electron chi connectivity index (χ1n) is 8.55. The third-order valence-electron chi connectivity index (χ3n) is 4.38. The Morgan fingerprint density at radius 3 is 2.76 bits per heavy atom. The summed E-state index contributed by atoms with van der Waals surface area (Å²) in [5, 5.41) is 14.3. The predicted octanol–water partition coefficient (Wildman–Crippen LogP) is 2.57. The maximum Gasteiger partial charge on any atom is 0.325 e. The van der Waals surface area contributed by atoms with Crippen LogP contribution in [0.3, 0.4) is 0 Å². The van der Waals surface area contributed by atoms with E-state index in [0.29, 0.717) is 5.13 Å². The number of anilines is 2. The van der Waals surface area contributed by atoms with Crippen LogP contribution in [0.2, 0.25) is 0 Å². The number of thioether (sulfide) groups is 1. The third kappa shape index (κ3) is 5.42. The molecule has 0 spiro atoms. The van der Waals surface area contributed by atoms with Crippen LogP contribution in [-0.2, 0) is 0 Å². The molecule has 3 N–H and O–H groups in total. The van der Waals surface area contributed by atoms with E-state index in [2.05, 4.69) is 20.8 Å². The average molecular weight is 379 g/mol. The molecule has 1 aliphatic heterocycles. The van der Waals surface area contributed by atoms with Crippen LogP contribution in [0.1, 0.15) is 24.0 Å². The van der Waals surface area contributed by atoms with Gasteiger partial charge in [0.15, 0.2) is 4.34 Å². The molecule has 25 heavy (non-hydrogen) atoms. The molecule has 0 unspecified atom stereocenters. The number of rotatable bonds is 6. The van der Waals surface area contributed by atoms with Crippen LogP contribution < -0.4 is 15.5 Å². The fourth-order valence-electron chi connectivity index (χ4n) is 2.80.